The van der Waals surface area contributed by atoms with Crippen molar-refractivity contribution in [3.63, 3.8) is 0 Å². The Hall–Kier alpha value is -1.57. The zero-order valence-corrected chi connectivity index (χ0v) is 17.3. The van der Waals surface area contributed by atoms with Crippen LogP contribution in [0.15, 0.2) is 18.3 Å². The molecule has 1 atom stereocenters. The molecule has 152 valence electrons. The maximum atomic E-state index is 13.2. The van der Waals surface area contributed by atoms with Gasteiger partial charge in [-0.2, -0.15) is 0 Å². The van der Waals surface area contributed by atoms with E-state index in [0.717, 1.165) is 32.4 Å². The number of amides is 3. The van der Waals surface area contributed by atoms with Gasteiger partial charge in [0, 0.05) is 12.3 Å². The summed E-state index contributed by atoms with van der Waals surface area (Å²) in [4.78, 5) is 31.4. The number of ether oxygens (including phenoxy) is 1. The lowest BCUT2D eigenvalue weighted by Crippen LogP contribution is -2.55. The van der Waals surface area contributed by atoms with E-state index >= 15 is 0 Å². The molecule has 3 heterocycles. The molecule has 1 unspecified atom stereocenters. The monoisotopic (exact) mass is 418 g/mol. The molecule has 3 amide bonds. The molecule has 0 aromatic carbocycles. The Morgan fingerprint density at radius 1 is 1.30 bits per heavy atom. The molecule has 1 aromatic heterocycles. The van der Waals surface area contributed by atoms with Crippen LogP contribution >= 0.6 is 24.8 Å². The molecule has 2 fully saturated rings. The van der Waals surface area contributed by atoms with Crippen molar-refractivity contribution in [2.45, 2.75) is 44.7 Å². The predicted molar refractivity (Wildman–Crippen MR) is 108 cm³/mol. The fraction of sp³-hybridized carbons (Fsp3) is 0.611. The first kappa shape index (κ1) is 23.5. The summed E-state index contributed by atoms with van der Waals surface area (Å²) < 4.78 is 5.20. The Morgan fingerprint density at radius 2 is 2.00 bits per heavy atom. The second kappa shape index (κ2) is 10.1. The van der Waals surface area contributed by atoms with Gasteiger partial charge in [-0.05, 0) is 44.3 Å². The van der Waals surface area contributed by atoms with E-state index in [1.807, 2.05) is 0 Å². The fourth-order valence-electron chi connectivity index (χ4n) is 3.98. The maximum absolute atomic E-state index is 13.2. The van der Waals surface area contributed by atoms with Crippen molar-refractivity contribution in [2.75, 3.05) is 20.2 Å². The lowest BCUT2D eigenvalue weighted by Gasteiger charge is -2.37. The van der Waals surface area contributed by atoms with E-state index in [-0.39, 0.29) is 49.2 Å². The van der Waals surface area contributed by atoms with E-state index in [4.69, 9.17) is 4.74 Å². The highest BCUT2D eigenvalue weighted by atomic mass is 35.5. The molecule has 2 saturated heterocycles. The van der Waals surface area contributed by atoms with Gasteiger partial charge >= 0.3 is 6.03 Å². The molecule has 1 aromatic rings. The minimum absolute atomic E-state index is 0. The van der Waals surface area contributed by atoms with Gasteiger partial charge in [-0.15, -0.1) is 24.8 Å². The zero-order chi connectivity index (χ0) is 17.9. The average Bonchev–Trinajstić information content (AvgIpc) is 2.88. The summed E-state index contributed by atoms with van der Waals surface area (Å²) in [6.45, 7) is 3.99. The number of hydrogen-bond donors (Lipinski definition) is 2. The summed E-state index contributed by atoms with van der Waals surface area (Å²) in [5.41, 5.74) is -0.132. The van der Waals surface area contributed by atoms with Gasteiger partial charge in [0.2, 0.25) is 0 Å². The third-order valence-electron chi connectivity index (χ3n) is 5.23. The summed E-state index contributed by atoms with van der Waals surface area (Å²) in [5, 5.41) is 6.36. The number of urea groups is 1. The number of imide groups is 1. The Bertz CT molecular complexity index is 655. The van der Waals surface area contributed by atoms with Crippen LogP contribution in [-0.2, 0) is 11.3 Å². The predicted octanol–water partition coefficient (Wildman–Crippen LogP) is 2.52. The highest BCUT2D eigenvalue weighted by Gasteiger charge is 2.54. The van der Waals surface area contributed by atoms with Crippen molar-refractivity contribution in [2.24, 2.45) is 5.92 Å². The molecule has 27 heavy (non-hydrogen) atoms. The Kier molecular flexibility index (Phi) is 8.78. The highest BCUT2D eigenvalue weighted by Crippen LogP contribution is 2.36. The van der Waals surface area contributed by atoms with Gasteiger partial charge < -0.3 is 15.4 Å². The molecule has 2 N–H and O–H groups in total. The number of halogens is 2. The normalized spacial score (nSPS) is 22.7. The lowest BCUT2D eigenvalue weighted by atomic mass is 9.75. The van der Waals surface area contributed by atoms with Crippen LogP contribution < -0.4 is 15.4 Å². The first-order valence-corrected chi connectivity index (χ1v) is 8.94. The van der Waals surface area contributed by atoms with Crippen molar-refractivity contribution in [3.05, 3.63) is 24.0 Å². The molecule has 3 rings (SSSR count). The number of nitrogens with one attached hydrogen (secondary N) is 2. The molecule has 9 heteroatoms. The van der Waals surface area contributed by atoms with E-state index in [1.165, 1.54) is 4.90 Å². The third kappa shape index (κ3) is 4.65. The maximum Gasteiger partial charge on any atom is 0.325 e. The van der Waals surface area contributed by atoms with Gasteiger partial charge in [0.25, 0.3) is 5.91 Å². The standard InChI is InChI=1S/C18H26N4O3.2ClH/c1-3-7-18(13-4-8-19-9-5-13)16(23)22(17(24)21-18)12-14-11-15(25-2)6-10-20-14;;/h6,10-11,13,19H,3-5,7-9,12H2,1-2H3,(H,21,24);2*1H. The van der Waals surface area contributed by atoms with Gasteiger partial charge in [0.15, 0.2) is 0 Å². The summed E-state index contributed by atoms with van der Waals surface area (Å²) in [5.74, 6) is 0.722. The third-order valence-corrected chi connectivity index (χ3v) is 5.23. The van der Waals surface area contributed by atoms with Gasteiger partial charge in [0.1, 0.15) is 11.3 Å². The zero-order valence-electron chi connectivity index (χ0n) is 15.7. The fourth-order valence-corrected chi connectivity index (χ4v) is 3.98. The van der Waals surface area contributed by atoms with Crippen molar-refractivity contribution >= 4 is 36.8 Å². The summed E-state index contributed by atoms with van der Waals surface area (Å²) in [7, 11) is 1.58. The van der Waals surface area contributed by atoms with E-state index in [2.05, 4.69) is 22.5 Å². The summed E-state index contributed by atoms with van der Waals surface area (Å²) >= 11 is 0. The van der Waals surface area contributed by atoms with Crippen LogP contribution in [0.25, 0.3) is 0 Å². The van der Waals surface area contributed by atoms with Crippen LogP contribution in [-0.4, -0.2) is 47.6 Å². The molecular weight excluding hydrogens is 391 g/mol. The van der Waals surface area contributed by atoms with Crippen LogP contribution in [0.1, 0.15) is 38.3 Å². The van der Waals surface area contributed by atoms with Gasteiger partial charge in [-0.3, -0.25) is 14.7 Å². The number of methoxy groups -OCH3 is 1. The SMILES string of the molecule is CCCC1(C2CCNCC2)NC(=O)N(Cc2cc(OC)ccn2)C1=O.Cl.Cl. The first-order chi connectivity index (χ1) is 12.1. The summed E-state index contributed by atoms with van der Waals surface area (Å²) in [6, 6.07) is 3.18. The largest absolute Gasteiger partial charge is 0.497 e. The number of nitrogens with zero attached hydrogens (tertiary/aromatic N) is 2. The van der Waals surface area contributed by atoms with Crippen LogP contribution in [0, 0.1) is 5.92 Å². The second-order valence-electron chi connectivity index (χ2n) is 6.75. The Morgan fingerprint density at radius 3 is 2.63 bits per heavy atom. The van der Waals surface area contributed by atoms with Gasteiger partial charge in [0.05, 0.1) is 19.3 Å². The van der Waals surface area contributed by atoms with Gasteiger partial charge in [-0.1, -0.05) is 13.3 Å². The molecule has 0 bridgehead atoms. The number of aromatic nitrogens is 1. The number of piperidine rings is 1. The van der Waals surface area contributed by atoms with Crippen molar-refractivity contribution < 1.29 is 14.3 Å². The quantitative estimate of drug-likeness (QED) is 0.693. The molecule has 0 saturated carbocycles. The van der Waals surface area contributed by atoms with Crippen molar-refractivity contribution in [3.8, 4) is 5.75 Å². The number of hydrogen-bond acceptors (Lipinski definition) is 5. The van der Waals surface area contributed by atoms with Crippen molar-refractivity contribution in [1.29, 1.82) is 0 Å². The van der Waals surface area contributed by atoms with E-state index in [0.29, 0.717) is 17.9 Å². The Labute approximate surface area is 172 Å². The van der Waals surface area contributed by atoms with Crippen LogP contribution in [0.4, 0.5) is 4.79 Å². The lowest BCUT2D eigenvalue weighted by molar-refractivity contribution is -0.134. The smallest absolute Gasteiger partial charge is 0.325 e. The Balaban J connectivity index is 0.00000182. The summed E-state index contributed by atoms with van der Waals surface area (Å²) in [6.07, 6.45) is 4.94. The van der Waals surface area contributed by atoms with E-state index in [9.17, 15) is 9.59 Å². The molecule has 0 spiro atoms. The molecule has 2 aliphatic rings. The molecule has 2 aliphatic heterocycles. The molecule has 0 aliphatic carbocycles. The van der Waals surface area contributed by atoms with Crippen LogP contribution in [0.2, 0.25) is 0 Å². The number of carbonyl (C=O) groups excluding carboxylic acids is 2. The second-order valence-corrected chi connectivity index (χ2v) is 6.75. The van der Waals surface area contributed by atoms with Gasteiger partial charge in [-0.25, -0.2) is 4.79 Å². The topological polar surface area (TPSA) is 83.6 Å². The average molecular weight is 419 g/mol. The highest BCUT2D eigenvalue weighted by molar-refractivity contribution is 6.07. The first-order valence-electron chi connectivity index (χ1n) is 8.94. The minimum atomic E-state index is -0.771. The van der Waals surface area contributed by atoms with E-state index in [1.54, 1.807) is 25.4 Å². The number of carbonyl (C=O) groups is 2. The molecule has 0 radical (unpaired) electrons. The van der Waals surface area contributed by atoms with Crippen LogP contribution in [0.3, 0.4) is 0 Å². The van der Waals surface area contributed by atoms with E-state index < -0.39 is 5.54 Å². The molecular formula is C18H28Cl2N4O3. The van der Waals surface area contributed by atoms with Crippen LogP contribution in [0.5, 0.6) is 5.75 Å². The number of rotatable bonds is 6. The molecule has 7 nitrogen and oxygen atoms in total. The van der Waals surface area contributed by atoms with Crippen molar-refractivity contribution in [1.82, 2.24) is 20.5 Å². The number of pyridine rings is 1. The minimum Gasteiger partial charge on any atom is -0.497 e.